The first-order valence-corrected chi connectivity index (χ1v) is 11.0. The third-order valence-corrected chi connectivity index (χ3v) is 9.26. The molecular weight excluding hydrogens is 372 g/mol. The molecule has 0 radical (unpaired) electrons. The lowest BCUT2D eigenvalue weighted by Crippen LogP contribution is -2.57. The van der Waals surface area contributed by atoms with Crippen molar-refractivity contribution in [3.63, 3.8) is 0 Å². The maximum atomic E-state index is 12.3. The molecule has 4 aliphatic rings. The summed E-state index contributed by atoms with van der Waals surface area (Å²) in [4.78, 5) is 12.3. The number of hydrogen-bond acceptors (Lipinski definition) is 6. The average Bonchev–Trinajstić information content (AvgIpc) is 2.86. The Bertz CT molecular complexity index is 729. The fraction of sp³-hybridized carbons (Fsp3) is 0.870. The number of aliphatic hydroxyl groups is 4. The van der Waals surface area contributed by atoms with Gasteiger partial charge in [-0.25, -0.2) is 0 Å². The molecule has 4 N–H and O–H groups in total. The van der Waals surface area contributed by atoms with Crippen molar-refractivity contribution in [1.82, 2.24) is 0 Å². The Morgan fingerprint density at radius 1 is 1.14 bits per heavy atom. The van der Waals surface area contributed by atoms with Crippen LogP contribution in [0.4, 0.5) is 0 Å². The van der Waals surface area contributed by atoms with Gasteiger partial charge in [-0.1, -0.05) is 32.9 Å². The number of rotatable bonds is 2. The molecule has 4 aliphatic carbocycles. The molecule has 6 heteroatoms. The molecule has 0 aromatic rings. The summed E-state index contributed by atoms with van der Waals surface area (Å²) in [5, 5.41) is 45.1. The number of fused-ring (bicyclic) bond motifs is 2. The van der Waals surface area contributed by atoms with Gasteiger partial charge in [-0.2, -0.15) is 0 Å². The molecule has 0 saturated heterocycles. The van der Waals surface area contributed by atoms with Crippen LogP contribution in [0.15, 0.2) is 12.2 Å². The molecular formula is C23H36O6. The lowest BCUT2D eigenvalue weighted by atomic mass is 9.61. The van der Waals surface area contributed by atoms with E-state index in [2.05, 4.69) is 6.58 Å². The standard InChI is InChI=1S/C23H36O6/c1-6-18(26)29-19-14-8-7-13-12(2)15-9-16(24)20(3,4)23(15,28)17(25)10-22(13,19)11-21(14,5)27/h13-17,19,24-25,27-28H,2,6-11H2,1,3-5H3/t13-,14?,15-,16-,17-,19-,21+,22?,23-/m0/s1. The van der Waals surface area contributed by atoms with Gasteiger partial charge in [-0.05, 0) is 44.9 Å². The molecule has 0 aliphatic heterocycles. The van der Waals surface area contributed by atoms with E-state index in [4.69, 9.17) is 4.74 Å². The van der Waals surface area contributed by atoms with Crippen LogP contribution < -0.4 is 0 Å². The van der Waals surface area contributed by atoms with Crippen LogP contribution in [-0.2, 0) is 9.53 Å². The van der Waals surface area contributed by atoms with Crippen LogP contribution in [-0.4, -0.2) is 55.9 Å². The maximum absolute atomic E-state index is 12.3. The molecule has 2 unspecified atom stereocenters. The van der Waals surface area contributed by atoms with Crippen molar-refractivity contribution in [3.8, 4) is 0 Å². The van der Waals surface area contributed by atoms with Crippen molar-refractivity contribution >= 4 is 5.97 Å². The zero-order chi connectivity index (χ0) is 21.6. The zero-order valence-electron chi connectivity index (χ0n) is 18.0. The van der Waals surface area contributed by atoms with Crippen LogP contribution in [0, 0.1) is 28.6 Å². The van der Waals surface area contributed by atoms with Gasteiger partial charge in [0.2, 0.25) is 0 Å². The van der Waals surface area contributed by atoms with Crippen molar-refractivity contribution in [2.24, 2.45) is 28.6 Å². The van der Waals surface area contributed by atoms with E-state index in [0.29, 0.717) is 19.3 Å². The molecule has 4 saturated carbocycles. The number of aliphatic hydroxyl groups excluding tert-OH is 2. The minimum absolute atomic E-state index is 0.0860. The van der Waals surface area contributed by atoms with Gasteiger partial charge in [0.1, 0.15) is 11.7 Å². The Balaban J connectivity index is 1.84. The third kappa shape index (κ3) is 2.52. The van der Waals surface area contributed by atoms with Gasteiger partial charge >= 0.3 is 5.97 Å². The van der Waals surface area contributed by atoms with Crippen molar-refractivity contribution in [1.29, 1.82) is 0 Å². The second-order valence-corrected chi connectivity index (χ2v) is 10.9. The second-order valence-electron chi connectivity index (χ2n) is 10.9. The molecule has 9 atom stereocenters. The van der Waals surface area contributed by atoms with Gasteiger partial charge < -0.3 is 25.2 Å². The van der Waals surface area contributed by atoms with Gasteiger partial charge in [0.25, 0.3) is 0 Å². The molecule has 0 aromatic heterocycles. The number of ether oxygens (including phenoxy) is 1. The van der Waals surface area contributed by atoms with Crippen molar-refractivity contribution in [2.45, 2.75) is 95.7 Å². The number of hydrogen-bond donors (Lipinski definition) is 4. The van der Waals surface area contributed by atoms with Gasteiger partial charge in [-0.15, -0.1) is 0 Å². The van der Waals surface area contributed by atoms with Crippen LogP contribution in [0.2, 0.25) is 0 Å². The highest BCUT2D eigenvalue weighted by atomic mass is 16.5. The highest BCUT2D eigenvalue weighted by molar-refractivity contribution is 5.69. The van der Waals surface area contributed by atoms with Crippen LogP contribution >= 0.6 is 0 Å². The minimum Gasteiger partial charge on any atom is -0.461 e. The molecule has 6 nitrogen and oxygen atoms in total. The highest BCUT2D eigenvalue weighted by Crippen LogP contribution is 2.69. The van der Waals surface area contributed by atoms with E-state index in [1.807, 2.05) is 0 Å². The van der Waals surface area contributed by atoms with Gasteiger partial charge in [-0.3, -0.25) is 4.79 Å². The first-order chi connectivity index (χ1) is 13.3. The second kappa shape index (κ2) is 6.28. The Labute approximate surface area is 173 Å². The van der Waals surface area contributed by atoms with Crippen LogP contribution in [0.3, 0.4) is 0 Å². The molecule has 4 fully saturated rings. The predicted molar refractivity (Wildman–Crippen MR) is 107 cm³/mol. The molecule has 0 heterocycles. The lowest BCUT2D eigenvalue weighted by Gasteiger charge is -2.47. The molecule has 164 valence electrons. The van der Waals surface area contributed by atoms with Crippen LogP contribution in [0.1, 0.15) is 66.2 Å². The maximum Gasteiger partial charge on any atom is 0.305 e. The van der Waals surface area contributed by atoms with E-state index < -0.39 is 46.3 Å². The predicted octanol–water partition coefficient (Wildman–Crippen LogP) is 1.93. The normalized spacial score (nSPS) is 53.2. The first kappa shape index (κ1) is 21.3. The summed E-state index contributed by atoms with van der Waals surface area (Å²) in [6.45, 7) is 11.5. The topological polar surface area (TPSA) is 107 Å². The quantitative estimate of drug-likeness (QED) is 0.411. The largest absolute Gasteiger partial charge is 0.461 e. The SMILES string of the molecule is C=C1[C@@H]2CCC3[C@H](OC(=O)CC)C2(C[C@H](O)[C@@]2(O)[C@H]1C[C@H](O)C2(C)C)C[C@@]3(C)O. The Kier molecular flexibility index (Phi) is 4.61. The summed E-state index contributed by atoms with van der Waals surface area (Å²) in [7, 11) is 0. The van der Waals surface area contributed by atoms with Gasteiger partial charge in [0.05, 0.1) is 17.8 Å². The van der Waals surface area contributed by atoms with E-state index in [9.17, 15) is 25.2 Å². The van der Waals surface area contributed by atoms with E-state index in [1.54, 1.807) is 27.7 Å². The molecule has 0 amide bonds. The van der Waals surface area contributed by atoms with E-state index in [-0.39, 0.29) is 30.6 Å². The summed E-state index contributed by atoms with van der Waals surface area (Å²) in [5.74, 6) is -1.02. The summed E-state index contributed by atoms with van der Waals surface area (Å²) in [5.41, 5.74) is -3.26. The Hall–Kier alpha value is -0.950. The number of carbonyl (C=O) groups excluding carboxylic acids is 1. The summed E-state index contributed by atoms with van der Waals surface area (Å²) in [6.07, 6.45) is 0.333. The Morgan fingerprint density at radius 2 is 1.79 bits per heavy atom. The third-order valence-electron chi connectivity index (χ3n) is 9.26. The van der Waals surface area contributed by atoms with E-state index in [1.165, 1.54) is 0 Å². The lowest BCUT2D eigenvalue weighted by molar-refractivity contribution is -0.182. The van der Waals surface area contributed by atoms with Crippen LogP contribution in [0.25, 0.3) is 0 Å². The fourth-order valence-corrected chi connectivity index (χ4v) is 7.62. The average molecular weight is 409 g/mol. The zero-order valence-corrected chi connectivity index (χ0v) is 18.0. The summed E-state index contributed by atoms with van der Waals surface area (Å²) in [6, 6.07) is 0. The molecule has 2 bridgehead atoms. The monoisotopic (exact) mass is 408 g/mol. The molecule has 29 heavy (non-hydrogen) atoms. The van der Waals surface area contributed by atoms with Crippen molar-refractivity contribution < 1.29 is 30.0 Å². The fourth-order valence-electron chi connectivity index (χ4n) is 7.62. The molecule has 4 rings (SSSR count). The van der Waals surface area contributed by atoms with Gasteiger partial charge in [0, 0.05) is 29.1 Å². The summed E-state index contributed by atoms with van der Waals surface area (Å²) < 4.78 is 5.92. The Morgan fingerprint density at radius 3 is 2.41 bits per heavy atom. The first-order valence-electron chi connectivity index (χ1n) is 11.0. The highest BCUT2D eigenvalue weighted by Gasteiger charge is 2.73. The molecule has 1 spiro atoms. The number of esters is 1. The van der Waals surface area contributed by atoms with E-state index in [0.717, 1.165) is 12.0 Å². The van der Waals surface area contributed by atoms with Gasteiger partial charge in [0.15, 0.2) is 0 Å². The molecule has 0 aromatic carbocycles. The van der Waals surface area contributed by atoms with Crippen molar-refractivity contribution in [3.05, 3.63) is 12.2 Å². The minimum atomic E-state index is -1.52. The van der Waals surface area contributed by atoms with Crippen LogP contribution in [0.5, 0.6) is 0 Å². The van der Waals surface area contributed by atoms with E-state index >= 15 is 0 Å². The summed E-state index contributed by atoms with van der Waals surface area (Å²) >= 11 is 0. The van der Waals surface area contributed by atoms with Crippen molar-refractivity contribution in [2.75, 3.05) is 0 Å². The smallest absolute Gasteiger partial charge is 0.305 e. The number of carbonyl (C=O) groups is 1.